The van der Waals surface area contributed by atoms with Gasteiger partial charge in [-0.2, -0.15) is 0 Å². The van der Waals surface area contributed by atoms with Crippen molar-refractivity contribution >= 4 is 17.4 Å². The van der Waals surface area contributed by atoms with Crippen LogP contribution in [0, 0.1) is 0 Å². The van der Waals surface area contributed by atoms with E-state index in [1.807, 2.05) is 30.3 Å². The van der Waals surface area contributed by atoms with Gasteiger partial charge in [-0.05, 0) is 86.8 Å². The van der Waals surface area contributed by atoms with Gasteiger partial charge in [0.15, 0.2) is 5.78 Å². The summed E-state index contributed by atoms with van der Waals surface area (Å²) in [6.45, 7) is 3.89. The van der Waals surface area contributed by atoms with Gasteiger partial charge in [0, 0.05) is 36.1 Å². The average molecular weight is 440 g/mol. The van der Waals surface area contributed by atoms with E-state index in [9.17, 15) is 9.90 Å². The van der Waals surface area contributed by atoms with E-state index in [1.165, 1.54) is 30.4 Å². The number of hydrogen-bond acceptors (Lipinski definition) is 3. The number of aryl methyl sites for hydroxylation is 2. The van der Waals surface area contributed by atoms with E-state index < -0.39 is 5.60 Å². The number of ketones is 1. The summed E-state index contributed by atoms with van der Waals surface area (Å²) in [4.78, 5) is 15.3. The average Bonchev–Trinajstić information content (AvgIpc) is 3.03. The Morgan fingerprint density at radius 1 is 1.03 bits per heavy atom. The summed E-state index contributed by atoms with van der Waals surface area (Å²) in [5, 5.41) is 11.8. The first kappa shape index (κ1) is 22.5. The molecule has 2 aromatic carbocycles. The lowest BCUT2D eigenvalue weighted by molar-refractivity contribution is -0.0347. The summed E-state index contributed by atoms with van der Waals surface area (Å²) in [5.74, 6) is 0.258. The van der Waals surface area contributed by atoms with Gasteiger partial charge in [-0.25, -0.2) is 0 Å². The Morgan fingerprint density at radius 2 is 1.71 bits per heavy atom. The van der Waals surface area contributed by atoms with E-state index in [-0.39, 0.29) is 5.78 Å². The zero-order valence-corrected chi connectivity index (χ0v) is 19.3. The Kier molecular flexibility index (Phi) is 7.15. The highest BCUT2D eigenvalue weighted by Gasteiger charge is 2.35. The maximum absolute atomic E-state index is 12.8. The molecule has 1 heterocycles. The molecule has 0 spiro atoms. The van der Waals surface area contributed by atoms with E-state index in [0.29, 0.717) is 30.3 Å². The van der Waals surface area contributed by atoms with Crippen LogP contribution in [-0.4, -0.2) is 34.9 Å². The summed E-state index contributed by atoms with van der Waals surface area (Å²) in [7, 11) is 0. The summed E-state index contributed by atoms with van der Waals surface area (Å²) < 4.78 is 0. The molecule has 4 rings (SSSR count). The lowest BCUT2D eigenvalue weighted by atomic mass is 9.84. The number of rotatable bonds is 6. The van der Waals surface area contributed by atoms with Crippen LogP contribution in [0.25, 0.3) is 0 Å². The number of hydrogen-bond donors (Lipinski definition) is 1. The Labute approximate surface area is 191 Å². The van der Waals surface area contributed by atoms with Gasteiger partial charge in [-0.15, -0.1) is 0 Å². The number of likely N-dealkylation sites (tertiary alicyclic amines) is 1. The van der Waals surface area contributed by atoms with Crippen molar-refractivity contribution in [1.82, 2.24) is 4.90 Å². The SMILES string of the molecule is CC(CCC(=O)c1ccc2c(c1)CCCCC2)N1CCC(O)(c2ccc(Cl)cc2)CC1. The molecule has 1 fully saturated rings. The smallest absolute Gasteiger partial charge is 0.162 e. The normalized spacial score (nSPS) is 20.0. The topological polar surface area (TPSA) is 40.5 Å². The first-order valence-electron chi connectivity index (χ1n) is 11.8. The Bertz CT molecular complexity index is 900. The molecule has 0 amide bonds. The molecule has 1 atom stereocenters. The monoisotopic (exact) mass is 439 g/mol. The number of Topliss-reactive ketones (excluding diaryl/α,β-unsaturated/α-hetero) is 1. The Morgan fingerprint density at radius 3 is 2.42 bits per heavy atom. The lowest BCUT2D eigenvalue weighted by Crippen LogP contribution is -2.46. The van der Waals surface area contributed by atoms with Crippen molar-refractivity contribution in [3.05, 3.63) is 69.7 Å². The van der Waals surface area contributed by atoms with Gasteiger partial charge >= 0.3 is 0 Å². The van der Waals surface area contributed by atoms with Gasteiger partial charge in [0.05, 0.1) is 5.60 Å². The molecule has 1 aliphatic carbocycles. The highest BCUT2D eigenvalue weighted by molar-refractivity contribution is 6.30. The van der Waals surface area contributed by atoms with E-state index in [2.05, 4.69) is 24.0 Å². The second-order valence-electron chi connectivity index (χ2n) is 9.43. The van der Waals surface area contributed by atoms with E-state index >= 15 is 0 Å². The zero-order valence-electron chi connectivity index (χ0n) is 18.6. The van der Waals surface area contributed by atoms with Crippen LogP contribution in [0.5, 0.6) is 0 Å². The summed E-state index contributed by atoms with van der Waals surface area (Å²) >= 11 is 5.99. The first-order chi connectivity index (χ1) is 14.9. The fourth-order valence-electron chi connectivity index (χ4n) is 5.13. The van der Waals surface area contributed by atoms with Gasteiger partial charge in [0.25, 0.3) is 0 Å². The molecule has 166 valence electrons. The molecule has 2 aromatic rings. The molecule has 3 nitrogen and oxygen atoms in total. The van der Waals surface area contributed by atoms with Crippen molar-refractivity contribution in [2.75, 3.05) is 13.1 Å². The lowest BCUT2D eigenvalue weighted by Gasteiger charge is -2.41. The maximum atomic E-state index is 12.8. The van der Waals surface area contributed by atoms with Crippen LogP contribution in [0.4, 0.5) is 0 Å². The molecule has 1 N–H and O–H groups in total. The van der Waals surface area contributed by atoms with Crippen LogP contribution in [0.2, 0.25) is 5.02 Å². The molecule has 1 aliphatic heterocycles. The van der Waals surface area contributed by atoms with E-state index in [4.69, 9.17) is 11.6 Å². The fourth-order valence-corrected chi connectivity index (χ4v) is 5.26. The van der Waals surface area contributed by atoms with Crippen LogP contribution < -0.4 is 0 Å². The van der Waals surface area contributed by atoms with Crippen LogP contribution in [0.1, 0.15) is 78.9 Å². The largest absolute Gasteiger partial charge is 0.385 e. The maximum Gasteiger partial charge on any atom is 0.162 e. The third-order valence-electron chi connectivity index (χ3n) is 7.34. The van der Waals surface area contributed by atoms with Crippen LogP contribution in [0.15, 0.2) is 42.5 Å². The zero-order chi connectivity index (χ0) is 21.8. The molecule has 1 saturated heterocycles. The Hall–Kier alpha value is -1.68. The number of carbonyl (C=O) groups is 1. The van der Waals surface area contributed by atoms with Crippen molar-refractivity contribution < 1.29 is 9.90 Å². The van der Waals surface area contributed by atoms with Crippen molar-refractivity contribution in [2.24, 2.45) is 0 Å². The van der Waals surface area contributed by atoms with Gasteiger partial charge in [0.1, 0.15) is 0 Å². The number of nitrogens with zero attached hydrogens (tertiary/aromatic N) is 1. The molecular formula is C27H34ClNO2. The van der Waals surface area contributed by atoms with Gasteiger partial charge < -0.3 is 10.0 Å². The number of aliphatic hydroxyl groups is 1. The Balaban J connectivity index is 1.29. The minimum atomic E-state index is -0.779. The molecule has 0 saturated carbocycles. The van der Waals surface area contributed by atoms with Crippen molar-refractivity contribution in [3.8, 4) is 0 Å². The number of fused-ring (bicyclic) bond motifs is 1. The molecule has 0 bridgehead atoms. The first-order valence-corrected chi connectivity index (χ1v) is 12.2. The standard InChI is InChI=1S/C27H34ClNO2/c1-20(29-17-15-27(31,16-18-29)24-10-12-25(28)13-11-24)7-14-26(30)23-9-8-21-5-3-2-4-6-22(21)19-23/h8-13,19-20,31H,2-7,14-18H2,1H3. The van der Waals surface area contributed by atoms with Gasteiger partial charge in [-0.1, -0.05) is 42.3 Å². The van der Waals surface area contributed by atoms with Crippen LogP contribution in [0.3, 0.4) is 0 Å². The summed E-state index contributed by atoms with van der Waals surface area (Å²) in [6, 6.07) is 14.3. The van der Waals surface area contributed by atoms with Crippen molar-refractivity contribution in [3.63, 3.8) is 0 Å². The number of benzene rings is 2. The highest BCUT2D eigenvalue weighted by atomic mass is 35.5. The third kappa shape index (κ3) is 5.39. The summed E-state index contributed by atoms with van der Waals surface area (Å²) in [6.07, 6.45) is 8.90. The number of carbonyl (C=O) groups excluding carboxylic acids is 1. The minimum absolute atomic E-state index is 0.258. The second-order valence-corrected chi connectivity index (χ2v) is 9.87. The minimum Gasteiger partial charge on any atom is -0.385 e. The summed E-state index contributed by atoms with van der Waals surface area (Å²) in [5.41, 5.74) is 3.86. The highest BCUT2D eigenvalue weighted by Crippen LogP contribution is 2.34. The predicted molar refractivity (Wildman–Crippen MR) is 127 cm³/mol. The quantitative estimate of drug-likeness (QED) is 0.447. The molecule has 4 heteroatoms. The molecule has 2 aliphatic rings. The predicted octanol–water partition coefficient (Wildman–Crippen LogP) is 5.94. The molecule has 31 heavy (non-hydrogen) atoms. The van der Waals surface area contributed by atoms with Gasteiger partial charge in [0.2, 0.25) is 0 Å². The second kappa shape index (κ2) is 9.85. The fraction of sp³-hybridized carbons (Fsp3) is 0.519. The number of piperidine rings is 1. The molecule has 1 unspecified atom stereocenters. The molecule has 0 radical (unpaired) electrons. The third-order valence-corrected chi connectivity index (χ3v) is 7.59. The molecular weight excluding hydrogens is 406 g/mol. The van der Waals surface area contributed by atoms with Crippen LogP contribution in [-0.2, 0) is 18.4 Å². The van der Waals surface area contributed by atoms with Crippen LogP contribution >= 0.6 is 11.6 Å². The number of halogens is 1. The van der Waals surface area contributed by atoms with Crippen molar-refractivity contribution in [2.45, 2.75) is 76.4 Å². The van der Waals surface area contributed by atoms with E-state index in [1.54, 1.807) is 0 Å². The molecule has 0 aromatic heterocycles. The van der Waals surface area contributed by atoms with Crippen molar-refractivity contribution in [1.29, 1.82) is 0 Å². The van der Waals surface area contributed by atoms with Gasteiger partial charge in [-0.3, -0.25) is 4.79 Å². The van der Waals surface area contributed by atoms with E-state index in [0.717, 1.165) is 43.5 Å².